The Morgan fingerprint density at radius 1 is 1.21 bits per heavy atom. The van der Waals surface area contributed by atoms with E-state index in [4.69, 9.17) is 34.5 Å². The van der Waals surface area contributed by atoms with Crippen LogP contribution < -0.4 is 5.48 Å². The van der Waals surface area contributed by atoms with Crippen molar-refractivity contribution in [3.63, 3.8) is 0 Å². The molecule has 0 heterocycles. The number of rotatable bonds is 4. The van der Waals surface area contributed by atoms with Gasteiger partial charge in [0.2, 0.25) is 0 Å². The van der Waals surface area contributed by atoms with Gasteiger partial charge in [-0.05, 0) is 0 Å². The Morgan fingerprint density at radius 2 is 1.57 bits per heavy atom. The van der Waals surface area contributed by atoms with E-state index in [1.165, 1.54) is 14.2 Å². The number of carbonyl (C=O) groups is 2. The van der Waals surface area contributed by atoms with Gasteiger partial charge in [-0.2, -0.15) is 0 Å². The predicted octanol–water partition coefficient (Wildman–Crippen LogP) is -1.26. The van der Waals surface area contributed by atoms with Gasteiger partial charge in [0, 0.05) is 14.2 Å². The molecule has 0 atom stereocenters. The van der Waals surface area contributed by atoms with Crippen LogP contribution in [0.5, 0.6) is 0 Å². The standard InChI is InChI=1S/C4H11NO3.C2H2O4/c1-7-4(8-2)3-5-6;3-1(4)2(5)6/h4-6H,3H2,1-2H3;(H,3,4)(H,5,6). The highest BCUT2D eigenvalue weighted by Gasteiger charge is 2.04. The largest absolute Gasteiger partial charge is 0.473 e. The molecule has 4 N–H and O–H groups in total. The Kier molecular flexibility index (Phi) is 10.8. The minimum Gasteiger partial charge on any atom is -0.473 e. The van der Waals surface area contributed by atoms with Crippen LogP contribution in [-0.4, -0.2) is 54.4 Å². The van der Waals surface area contributed by atoms with Gasteiger partial charge in [0.15, 0.2) is 6.29 Å². The Morgan fingerprint density at radius 3 is 1.64 bits per heavy atom. The molecular weight excluding hydrogens is 198 g/mol. The maximum atomic E-state index is 9.10. The Bertz CT molecular complexity index is 156. The van der Waals surface area contributed by atoms with Crippen LogP contribution in [0, 0.1) is 0 Å². The van der Waals surface area contributed by atoms with Crippen molar-refractivity contribution in [1.29, 1.82) is 0 Å². The van der Waals surface area contributed by atoms with E-state index in [1.54, 1.807) is 0 Å². The van der Waals surface area contributed by atoms with E-state index in [0.717, 1.165) is 0 Å². The number of aliphatic carboxylic acids is 2. The summed E-state index contributed by atoms with van der Waals surface area (Å²) < 4.78 is 9.39. The first-order chi connectivity index (χ1) is 6.49. The lowest BCUT2D eigenvalue weighted by Crippen LogP contribution is -2.27. The Hall–Kier alpha value is -1.22. The number of ether oxygens (including phenoxy) is 2. The topological polar surface area (TPSA) is 125 Å². The predicted molar refractivity (Wildman–Crippen MR) is 42.9 cm³/mol. The van der Waals surface area contributed by atoms with Gasteiger partial charge in [-0.15, -0.1) is 0 Å². The number of hydrogen-bond donors (Lipinski definition) is 4. The average Bonchev–Trinajstić information content (AvgIpc) is 2.15. The summed E-state index contributed by atoms with van der Waals surface area (Å²) in [5, 5.41) is 22.9. The summed E-state index contributed by atoms with van der Waals surface area (Å²) in [5.74, 6) is -3.65. The van der Waals surface area contributed by atoms with Crippen molar-refractivity contribution < 1.29 is 34.5 Å². The maximum Gasteiger partial charge on any atom is 0.414 e. The summed E-state index contributed by atoms with van der Waals surface area (Å²) in [6, 6.07) is 0. The number of carboxylic acids is 2. The van der Waals surface area contributed by atoms with Crippen LogP contribution in [0.15, 0.2) is 0 Å². The van der Waals surface area contributed by atoms with E-state index in [0.29, 0.717) is 0 Å². The second-order valence-electron chi connectivity index (χ2n) is 1.87. The zero-order valence-corrected chi connectivity index (χ0v) is 7.76. The van der Waals surface area contributed by atoms with E-state index >= 15 is 0 Å². The van der Waals surface area contributed by atoms with Crippen molar-refractivity contribution in [3.8, 4) is 0 Å². The van der Waals surface area contributed by atoms with Crippen molar-refractivity contribution in [3.05, 3.63) is 0 Å². The van der Waals surface area contributed by atoms with Gasteiger partial charge in [-0.25, -0.2) is 15.1 Å². The highest BCUT2D eigenvalue weighted by atomic mass is 16.7. The minimum atomic E-state index is -1.82. The molecule has 8 heteroatoms. The molecule has 0 saturated carbocycles. The molecule has 0 aliphatic heterocycles. The molecule has 14 heavy (non-hydrogen) atoms. The number of methoxy groups -OCH3 is 2. The molecule has 0 spiro atoms. The molecule has 0 aromatic rings. The zero-order valence-electron chi connectivity index (χ0n) is 7.76. The van der Waals surface area contributed by atoms with Gasteiger partial charge in [-0.3, -0.25) is 0 Å². The van der Waals surface area contributed by atoms with Crippen LogP contribution >= 0.6 is 0 Å². The summed E-state index contributed by atoms with van der Waals surface area (Å²) in [6.07, 6.45) is -0.361. The molecule has 0 saturated heterocycles. The van der Waals surface area contributed by atoms with Gasteiger partial charge in [0.25, 0.3) is 0 Å². The SMILES string of the molecule is COC(CNO)OC.O=C(O)C(=O)O. The Balaban J connectivity index is 0. The first kappa shape index (κ1) is 15.3. The van der Waals surface area contributed by atoms with Crippen LogP contribution in [0.2, 0.25) is 0 Å². The highest BCUT2D eigenvalue weighted by molar-refractivity contribution is 6.27. The third-order valence-electron chi connectivity index (χ3n) is 0.967. The average molecular weight is 211 g/mol. The number of carboxylic acid groups (broad SMARTS) is 2. The van der Waals surface area contributed by atoms with Crippen molar-refractivity contribution >= 4 is 11.9 Å². The minimum absolute atomic E-state index is 0.285. The number of hydrogen-bond acceptors (Lipinski definition) is 6. The van der Waals surface area contributed by atoms with Crippen molar-refractivity contribution in [2.75, 3.05) is 20.8 Å². The molecule has 0 rings (SSSR count). The van der Waals surface area contributed by atoms with E-state index in [2.05, 4.69) is 0 Å². The zero-order chi connectivity index (χ0) is 11.6. The van der Waals surface area contributed by atoms with E-state index in [1.807, 2.05) is 5.48 Å². The van der Waals surface area contributed by atoms with Gasteiger partial charge in [-0.1, -0.05) is 0 Å². The molecule has 0 aromatic carbocycles. The molecule has 0 fully saturated rings. The molecule has 0 amide bonds. The van der Waals surface area contributed by atoms with E-state index in [-0.39, 0.29) is 12.8 Å². The molecule has 0 aliphatic carbocycles. The third-order valence-corrected chi connectivity index (χ3v) is 0.967. The molecular formula is C6H13NO7. The second-order valence-corrected chi connectivity index (χ2v) is 1.87. The maximum absolute atomic E-state index is 9.10. The van der Waals surface area contributed by atoms with Crippen LogP contribution in [-0.2, 0) is 19.1 Å². The van der Waals surface area contributed by atoms with Gasteiger partial charge in [0.1, 0.15) is 0 Å². The molecule has 0 radical (unpaired) electrons. The molecule has 0 bridgehead atoms. The fourth-order valence-corrected chi connectivity index (χ4v) is 0.337. The van der Waals surface area contributed by atoms with Crippen molar-refractivity contribution in [2.45, 2.75) is 6.29 Å². The fourth-order valence-electron chi connectivity index (χ4n) is 0.337. The first-order valence-corrected chi connectivity index (χ1v) is 3.38. The van der Waals surface area contributed by atoms with Crippen LogP contribution in [0.25, 0.3) is 0 Å². The third kappa shape index (κ3) is 10.8. The summed E-state index contributed by atoms with van der Waals surface area (Å²) >= 11 is 0. The van der Waals surface area contributed by atoms with Crippen LogP contribution in [0.3, 0.4) is 0 Å². The number of hydroxylamine groups is 1. The summed E-state index contributed by atoms with van der Waals surface area (Å²) in [6.45, 7) is 0.285. The van der Waals surface area contributed by atoms with Crippen LogP contribution in [0.1, 0.15) is 0 Å². The van der Waals surface area contributed by atoms with Crippen LogP contribution in [0.4, 0.5) is 0 Å². The normalized spacial score (nSPS) is 9.14. The van der Waals surface area contributed by atoms with Crippen molar-refractivity contribution in [2.24, 2.45) is 0 Å². The summed E-state index contributed by atoms with van der Waals surface area (Å²) in [5.41, 5.74) is 1.92. The molecule has 0 aromatic heterocycles. The van der Waals surface area contributed by atoms with E-state index < -0.39 is 11.9 Å². The number of nitrogens with one attached hydrogen (secondary N) is 1. The molecule has 8 nitrogen and oxygen atoms in total. The second kappa shape index (κ2) is 9.86. The first-order valence-electron chi connectivity index (χ1n) is 3.38. The summed E-state index contributed by atoms with van der Waals surface area (Å²) in [7, 11) is 3.01. The van der Waals surface area contributed by atoms with Gasteiger partial charge < -0.3 is 24.9 Å². The molecule has 84 valence electrons. The van der Waals surface area contributed by atoms with Gasteiger partial charge >= 0.3 is 11.9 Å². The highest BCUT2D eigenvalue weighted by Crippen LogP contribution is 1.85. The van der Waals surface area contributed by atoms with Gasteiger partial charge in [0.05, 0.1) is 6.54 Å². The van der Waals surface area contributed by atoms with Crippen molar-refractivity contribution in [1.82, 2.24) is 5.48 Å². The lowest BCUT2D eigenvalue weighted by atomic mass is 10.6. The lowest BCUT2D eigenvalue weighted by molar-refractivity contribution is -0.159. The quantitative estimate of drug-likeness (QED) is 0.258. The molecule has 0 unspecified atom stereocenters. The summed E-state index contributed by atoms with van der Waals surface area (Å²) in [4.78, 5) is 18.2. The lowest BCUT2D eigenvalue weighted by Gasteiger charge is -2.10. The van der Waals surface area contributed by atoms with E-state index in [9.17, 15) is 0 Å². The monoisotopic (exact) mass is 211 g/mol. The fraction of sp³-hybridized carbons (Fsp3) is 0.667. The Labute approximate surface area is 80.0 Å². The smallest absolute Gasteiger partial charge is 0.414 e. The molecule has 0 aliphatic rings.